The fourth-order valence-electron chi connectivity index (χ4n) is 5.93. The Morgan fingerprint density at radius 2 is 1.07 bits per heavy atom. The van der Waals surface area contributed by atoms with Crippen LogP contribution >= 0.6 is 22.7 Å². The van der Waals surface area contributed by atoms with Crippen LogP contribution in [0.2, 0.25) is 0 Å². The highest BCUT2D eigenvalue weighted by Crippen LogP contribution is 2.39. The van der Waals surface area contributed by atoms with E-state index in [1.54, 1.807) is 67.8 Å². The lowest BCUT2D eigenvalue weighted by atomic mass is 9.98. The van der Waals surface area contributed by atoms with Gasteiger partial charge < -0.3 is 43.0 Å². The van der Waals surface area contributed by atoms with Crippen LogP contribution in [0.1, 0.15) is 107 Å². The van der Waals surface area contributed by atoms with E-state index in [-0.39, 0.29) is 33.9 Å². The number of rotatable bonds is 15. The van der Waals surface area contributed by atoms with Crippen LogP contribution < -0.4 is 14.2 Å². The van der Waals surface area contributed by atoms with E-state index >= 15 is 0 Å². The highest BCUT2D eigenvalue weighted by Gasteiger charge is 2.53. The third-order valence-corrected chi connectivity index (χ3v) is 11.7. The molecule has 1 aliphatic rings. The van der Waals surface area contributed by atoms with Crippen LogP contribution in [0, 0.1) is 0 Å². The summed E-state index contributed by atoms with van der Waals surface area (Å²) in [5.74, 6) is -1.61. The predicted octanol–water partition coefficient (Wildman–Crippen LogP) is 7.39. The molecule has 1 aliphatic heterocycles. The first-order valence-electron chi connectivity index (χ1n) is 19.1. The lowest BCUT2D eigenvalue weighted by molar-refractivity contribution is -0.288. The van der Waals surface area contributed by atoms with Gasteiger partial charge in [-0.1, -0.05) is 27.7 Å². The first-order valence-corrected chi connectivity index (χ1v) is 20.8. The SMILES string of the molecule is COc1ccc(C(=O)c2sc(C(C)C)cc2O)cc1.COc1ccc(C(=O)c2sc(C(C)C)cc2OC2OC(COC(C)=O)C(OC(C)=O)C(OC(C)=O)C2OC(C)=O)cc1. The summed E-state index contributed by atoms with van der Waals surface area (Å²) >= 11 is 2.58. The van der Waals surface area contributed by atoms with Crippen LogP contribution in [0.15, 0.2) is 60.7 Å². The van der Waals surface area contributed by atoms with Crippen molar-refractivity contribution in [3.8, 4) is 23.0 Å². The molecule has 0 radical (unpaired) electrons. The maximum absolute atomic E-state index is 13.6. The normalized spacial score (nSPS) is 18.3. The van der Waals surface area contributed by atoms with E-state index in [1.807, 2.05) is 27.7 Å². The minimum Gasteiger partial charge on any atom is -0.506 e. The van der Waals surface area contributed by atoms with Gasteiger partial charge in [-0.2, -0.15) is 0 Å². The average molecular weight is 883 g/mol. The molecule has 1 fully saturated rings. The molecule has 15 nitrogen and oxygen atoms in total. The Hall–Kier alpha value is -5.78. The van der Waals surface area contributed by atoms with Crippen molar-refractivity contribution < 1.29 is 71.8 Å². The molecule has 328 valence electrons. The number of carbonyl (C=O) groups is 6. The van der Waals surface area contributed by atoms with Crippen LogP contribution in [0.4, 0.5) is 0 Å². The van der Waals surface area contributed by atoms with Gasteiger partial charge in [0, 0.05) is 48.6 Å². The topological polar surface area (TPSA) is 196 Å². The van der Waals surface area contributed by atoms with E-state index < -0.39 is 61.2 Å². The van der Waals surface area contributed by atoms with Gasteiger partial charge in [-0.25, -0.2) is 0 Å². The van der Waals surface area contributed by atoms with E-state index in [0.29, 0.717) is 33.4 Å². The quantitative estimate of drug-likeness (QED) is 0.0704. The van der Waals surface area contributed by atoms with E-state index in [4.69, 9.17) is 37.9 Å². The van der Waals surface area contributed by atoms with Crippen molar-refractivity contribution in [1.29, 1.82) is 0 Å². The van der Waals surface area contributed by atoms with Crippen LogP contribution in [0.5, 0.6) is 23.0 Å². The summed E-state index contributed by atoms with van der Waals surface area (Å²) in [5.41, 5.74) is 0.924. The van der Waals surface area contributed by atoms with Crippen LogP contribution in [-0.4, -0.2) is 92.1 Å². The minimum absolute atomic E-state index is 0.0326. The number of aromatic hydroxyl groups is 1. The fourth-order valence-corrected chi connectivity index (χ4v) is 8.00. The number of hydrogen-bond acceptors (Lipinski definition) is 17. The minimum atomic E-state index is -1.47. The Balaban J connectivity index is 0.000000357. The van der Waals surface area contributed by atoms with Gasteiger partial charge in [0.25, 0.3) is 0 Å². The molecule has 0 amide bonds. The van der Waals surface area contributed by atoms with E-state index in [0.717, 1.165) is 30.5 Å². The number of ether oxygens (including phenoxy) is 8. The molecule has 0 bridgehead atoms. The van der Waals surface area contributed by atoms with Gasteiger partial charge in [-0.3, -0.25) is 28.8 Å². The molecule has 2 aromatic carbocycles. The Labute approximate surface area is 361 Å². The summed E-state index contributed by atoms with van der Waals surface area (Å²) in [5, 5.41) is 9.88. The second-order valence-corrected chi connectivity index (χ2v) is 16.5. The van der Waals surface area contributed by atoms with E-state index in [2.05, 4.69) is 0 Å². The van der Waals surface area contributed by atoms with Crippen molar-refractivity contribution >= 4 is 58.1 Å². The maximum Gasteiger partial charge on any atom is 0.303 e. The first-order chi connectivity index (χ1) is 28.8. The van der Waals surface area contributed by atoms with Crippen LogP contribution in [0.3, 0.4) is 0 Å². The van der Waals surface area contributed by atoms with Crippen LogP contribution in [-0.2, 0) is 42.9 Å². The molecule has 2 aromatic heterocycles. The standard InChI is InChI=1S/C29H34O12S.C15H16O3S/c1-14(2)23-12-21(28(42-23)24(34)19-8-10-20(35-7)11-9-19)40-29-27(39-18(6)33)26(38-17(5)32)25(37-16(4)31)22(41-29)13-36-15(3)30;1-9(2)13-8-12(16)15(19-13)14(17)10-4-6-11(18-3)7-5-10/h8-12,14,22,25-27,29H,13H2,1-7H3;4-9,16H,1-3H3. The molecule has 5 rings (SSSR count). The Morgan fingerprint density at radius 3 is 1.51 bits per heavy atom. The van der Waals surface area contributed by atoms with Crippen molar-refractivity contribution in [3.63, 3.8) is 0 Å². The van der Waals surface area contributed by atoms with Crippen molar-refractivity contribution in [2.75, 3.05) is 20.8 Å². The molecule has 3 heterocycles. The lowest BCUT2D eigenvalue weighted by Crippen LogP contribution is -2.63. The zero-order chi connectivity index (χ0) is 45.1. The number of methoxy groups -OCH3 is 2. The molecule has 4 aromatic rings. The lowest BCUT2D eigenvalue weighted by Gasteiger charge is -2.43. The number of esters is 4. The molecule has 1 saturated heterocycles. The largest absolute Gasteiger partial charge is 0.506 e. The second-order valence-electron chi connectivity index (χ2n) is 14.3. The second kappa shape index (κ2) is 21.7. The summed E-state index contributed by atoms with van der Waals surface area (Å²) in [6.07, 6.45) is -6.83. The molecule has 0 spiro atoms. The van der Waals surface area contributed by atoms with Crippen molar-refractivity contribution in [1.82, 2.24) is 0 Å². The van der Waals surface area contributed by atoms with Gasteiger partial charge in [0.05, 0.1) is 14.2 Å². The molecular weight excluding hydrogens is 833 g/mol. The zero-order valence-corrected chi connectivity index (χ0v) is 37.1. The summed E-state index contributed by atoms with van der Waals surface area (Å²) < 4.78 is 44.0. The summed E-state index contributed by atoms with van der Waals surface area (Å²) in [6, 6.07) is 16.8. The number of ketones is 2. The number of thiophene rings is 2. The Kier molecular flexibility index (Phi) is 17.0. The van der Waals surface area contributed by atoms with Gasteiger partial charge >= 0.3 is 23.9 Å². The Bertz CT molecular complexity index is 2170. The fraction of sp³-hybridized carbons (Fsp3) is 0.409. The van der Waals surface area contributed by atoms with Gasteiger partial charge in [0.15, 0.2) is 12.2 Å². The van der Waals surface area contributed by atoms with Gasteiger partial charge in [-0.15, -0.1) is 22.7 Å². The third-order valence-electron chi connectivity index (χ3n) is 8.89. The summed E-state index contributed by atoms with van der Waals surface area (Å²) in [4.78, 5) is 76.3. The summed E-state index contributed by atoms with van der Waals surface area (Å²) in [7, 11) is 3.10. The number of benzene rings is 2. The smallest absolute Gasteiger partial charge is 0.303 e. The van der Waals surface area contributed by atoms with E-state index in [9.17, 15) is 33.9 Å². The maximum atomic E-state index is 13.6. The molecule has 1 N–H and O–H groups in total. The third kappa shape index (κ3) is 12.9. The summed E-state index contributed by atoms with van der Waals surface area (Å²) in [6.45, 7) is 12.1. The van der Waals surface area contributed by atoms with Gasteiger partial charge in [-0.05, 0) is 72.5 Å². The van der Waals surface area contributed by atoms with Crippen molar-refractivity contribution in [3.05, 3.63) is 91.3 Å². The molecule has 5 unspecified atom stereocenters. The highest BCUT2D eigenvalue weighted by molar-refractivity contribution is 7.15. The molecule has 17 heteroatoms. The van der Waals surface area contributed by atoms with Gasteiger partial charge in [0.1, 0.15) is 45.5 Å². The monoisotopic (exact) mass is 882 g/mol. The van der Waals surface area contributed by atoms with Crippen molar-refractivity contribution in [2.45, 2.75) is 97.9 Å². The zero-order valence-electron chi connectivity index (χ0n) is 35.5. The number of carbonyl (C=O) groups excluding carboxylic acids is 6. The predicted molar refractivity (Wildman–Crippen MR) is 224 cm³/mol. The van der Waals surface area contributed by atoms with Crippen molar-refractivity contribution in [2.24, 2.45) is 0 Å². The molecule has 0 saturated carbocycles. The molecule has 61 heavy (non-hydrogen) atoms. The van der Waals surface area contributed by atoms with E-state index in [1.165, 1.54) is 36.7 Å². The average Bonchev–Trinajstić information content (AvgIpc) is 3.82. The first kappa shape index (κ1) is 47.9. The number of hydrogen-bond donors (Lipinski definition) is 1. The molecular formula is C44H50O15S2. The molecule has 5 atom stereocenters. The van der Waals surface area contributed by atoms with Crippen LogP contribution in [0.25, 0.3) is 0 Å². The highest BCUT2D eigenvalue weighted by atomic mass is 32.1. The van der Waals surface area contributed by atoms with Gasteiger partial charge in [0.2, 0.25) is 24.0 Å². The molecule has 0 aliphatic carbocycles. The Morgan fingerprint density at radius 1 is 0.623 bits per heavy atom.